The highest BCUT2D eigenvalue weighted by molar-refractivity contribution is 7.17. The van der Waals surface area contributed by atoms with E-state index in [1.165, 1.54) is 17.0 Å². The molecule has 26 heavy (non-hydrogen) atoms. The first-order chi connectivity index (χ1) is 12.7. The molecule has 4 rings (SSSR count). The Kier molecular flexibility index (Phi) is 4.67. The lowest BCUT2D eigenvalue weighted by Gasteiger charge is -2.36. The Labute approximate surface area is 156 Å². The summed E-state index contributed by atoms with van der Waals surface area (Å²) < 4.78 is 0. The highest BCUT2D eigenvalue weighted by atomic mass is 32.1. The van der Waals surface area contributed by atoms with E-state index in [1.54, 1.807) is 6.20 Å². The summed E-state index contributed by atoms with van der Waals surface area (Å²) in [6, 6.07) is 16.1. The Balaban J connectivity index is 1.47. The van der Waals surface area contributed by atoms with Gasteiger partial charge >= 0.3 is 0 Å². The van der Waals surface area contributed by atoms with E-state index in [4.69, 9.17) is 0 Å². The molecule has 0 unspecified atom stereocenters. The Morgan fingerprint density at radius 2 is 1.73 bits per heavy atom. The van der Waals surface area contributed by atoms with Crippen LogP contribution in [0.5, 0.6) is 0 Å². The molecule has 3 aromatic rings. The highest BCUT2D eigenvalue weighted by Gasteiger charge is 2.25. The van der Waals surface area contributed by atoms with Crippen LogP contribution in [0.4, 0.5) is 5.69 Å². The van der Waals surface area contributed by atoms with Gasteiger partial charge in [0.2, 0.25) is 0 Å². The molecule has 0 saturated carbocycles. The molecular weight excluding hydrogens is 344 g/mol. The second-order valence-corrected chi connectivity index (χ2v) is 7.26. The molecule has 1 amide bonds. The van der Waals surface area contributed by atoms with Crippen molar-refractivity contribution in [1.29, 1.82) is 0 Å². The number of anilines is 1. The number of piperazine rings is 1. The standard InChI is InChI=1S/C20H20N4OS/c1-15-18(26-19(22-15)17-9-5-6-10-21-17)20(25)24-13-11-23(12-14-24)16-7-3-2-4-8-16/h2-10H,11-14H2,1H3. The fourth-order valence-corrected chi connectivity index (χ4v) is 4.15. The van der Waals surface area contributed by atoms with Crippen molar-refractivity contribution < 1.29 is 4.79 Å². The lowest BCUT2D eigenvalue weighted by atomic mass is 10.2. The molecule has 6 heteroatoms. The van der Waals surface area contributed by atoms with Gasteiger partial charge in [-0.15, -0.1) is 11.3 Å². The summed E-state index contributed by atoms with van der Waals surface area (Å²) in [6.45, 7) is 5.05. The van der Waals surface area contributed by atoms with Crippen LogP contribution in [-0.2, 0) is 0 Å². The Morgan fingerprint density at radius 3 is 2.42 bits per heavy atom. The number of amides is 1. The van der Waals surface area contributed by atoms with Crippen LogP contribution in [0.25, 0.3) is 10.7 Å². The SMILES string of the molecule is Cc1nc(-c2ccccn2)sc1C(=O)N1CCN(c2ccccc2)CC1. The molecule has 1 fully saturated rings. The van der Waals surface area contributed by atoms with Gasteiger partial charge in [0.25, 0.3) is 5.91 Å². The van der Waals surface area contributed by atoms with E-state index < -0.39 is 0 Å². The summed E-state index contributed by atoms with van der Waals surface area (Å²) in [7, 11) is 0. The van der Waals surface area contributed by atoms with Gasteiger partial charge in [0.15, 0.2) is 0 Å². The van der Waals surface area contributed by atoms with Gasteiger partial charge in [-0.25, -0.2) is 4.98 Å². The molecule has 1 aliphatic heterocycles. The van der Waals surface area contributed by atoms with Crippen LogP contribution in [0.2, 0.25) is 0 Å². The quantitative estimate of drug-likeness (QED) is 0.714. The summed E-state index contributed by atoms with van der Waals surface area (Å²) in [6.07, 6.45) is 1.75. The fraction of sp³-hybridized carbons (Fsp3) is 0.250. The number of thiazole rings is 1. The van der Waals surface area contributed by atoms with Crippen LogP contribution in [0, 0.1) is 6.92 Å². The lowest BCUT2D eigenvalue weighted by molar-refractivity contribution is 0.0750. The smallest absolute Gasteiger partial charge is 0.265 e. The summed E-state index contributed by atoms with van der Waals surface area (Å²) in [4.78, 5) is 26.8. The maximum atomic E-state index is 13.0. The molecule has 0 atom stereocenters. The Bertz CT molecular complexity index is 887. The third-order valence-electron chi connectivity index (χ3n) is 4.56. The van der Waals surface area contributed by atoms with Crippen LogP contribution >= 0.6 is 11.3 Å². The summed E-state index contributed by atoms with van der Waals surface area (Å²) in [5.74, 6) is 0.0786. The predicted molar refractivity (Wildman–Crippen MR) is 105 cm³/mol. The molecular formula is C20H20N4OS. The van der Waals surface area contributed by atoms with Crippen LogP contribution in [0.15, 0.2) is 54.7 Å². The number of hydrogen-bond donors (Lipinski definition) is 0. The normalized spacial score (nSPS) is 14.5. The number of para-hydroxylation sites is 1. The van der Waals surface area contributed by atoms with Crippen molar-refractivity contribution in [1.82, 2.24) is 14.9 Å². The second kappa shape index (κ2) is 7.25. The van der Waals surface area contributed by atoms with Crippen molar-refractivity contribution >= 4 is 22.9 Å². The molecule has 0 bridgehead atoms. The van der Waals surface area contributed by atoms with Crippen molar-refractivity contribution in [2.45, 2.75) is 6.92 Å². The van der Waals surface area contributed by atoms with Crippen molar-refractivity contribution in [2.75, 3.05) is 31.1 Å². The van der Waals surface area contributed by atoms with E-state index in [2.05, 4.69) is 27.0 Å². The minimum atomic E-state index is 0.0786. The molecule has 0 radical (unpaired) electrons. The molecule has 3 heterocycles. The molecule has 0 aliphatic carbocycles. The van der Waals surface area contributed by atoms with E-state index in [0.717, 1.165) is 47.5 Å². The summed E-state index contributed by atoms with van der Waals surface area (Å²) >= 11 is 1.43. The third-order valence-corrected chi connectivity index (χ3v) is 5.73. The molecule has 132 valence electrons. The van der Waals surface area contributed by atoms with Crippen LogP contribution in [-0.4, -0.2) is 47.0 Å². The van der Waals surface area contributed by atoms with Gasteiger partial charge in [-0.1, -0.05) is 24.3 Å². The van der Waals surface area contributed by atoms with Gasteiger partial charge in [-0.05, 0) is 31.2 Å². The zero-order chi connectivity index (χ0) is 17.9. The number of aryl methyl sites for hydroxylation is 1. The van der Waals surface area contributed by atoms with Crippen molar-refractivity contribution in [3.05, 3.63) is 65.3 Å². The Hall–Kier alpha value is -2.73. The van der Waals surface area contributed by atoms with E-state index in [9.17, 15) is 4.79 Å². The number of rotatable bonds is 3. The van der Waals surface area contributed by atoms with Crippen LogP contribution in [0.3, 0.4) is 0 Å². The number of aromatic nitrogens is 2. The van der Waals surface area contributed by atoms with E-state index in [0.29, 0.717) is 0 Å². The maximum absolute atomic E-state index is 13.0. The summed E-state index contributed by atoms with van der Waals surface area (Å²) in [5, 5.41) is 0.800. The molecule has 2 aromatic heterocycles. The molecule has 0 N–H and O–H groups in total. The fourth-order valence-electron chi connectivity index (χ4n) is 3.14. The average Bonchev–Trinajstić information content (AvgIpc) is 3.10. The maximum Gasteiger partial charge on any atom is 0.265 e. The minimum Gasteiger partial charge on any atom is -0.368 e. The first-order valence-electron chi connectivity index (χ1n) is 8.70. The van der Waals surface area contributed by atoms with Crippen LogP contribution in [0.1, 0.15) is 15.4 Å². The zero-order valence-electron chi connectivity index (χ0n) is 14.6. The topological polar surface area (TPSA) is 49.3 Å². The van der Waals surface area contributed by atoms with Crippen molar-refractivity contribution in [3.8, 4) is 10.7 Å². The molecule has 1 aliphatic rings. The first kappa shape index (κ1) is 16.7. The number of nitrogens with zero attached hydrogens (tertiary/aromatic N) is 4. The number of carbonyl (C=O) groups excluding carboxylic acids is 1. The molecule has 1 saturated heterocycles. The number of pyridine rings is 1. The summed E-state index contributed by atoms with van der Waals surface area (Å²) in [5.41, 5.74) is 2.81. The molecule has 1 aromatic carbocycles. The molecule has 0 spiro atoms. The van der Waals surface area contributed by atoms with Crippen molar-refractivity contribution in [3.63, 3.8) is 0 Å². The highest BCUT2D eigenvalue weighted by Crippen LogP contribution is 2.28. The monoisotopic (exact) mass is 364 g/mol. The van der Waals surface area contributed by atoms with Gasteiger partial charge in [-0.2, -0.15) is 0 Å². The number of benzene rings is 1. The number of carbonyl (C=O) groups is 1. The third kappa shape index (κ3) is 3.32. The largest absolute Gasteiger partial charge is 0.368 e. The van der Waals surface area contributed by atoms with Crippen molar-refractivity contribution in [2.24, 2.45) is 0 Å². The van der Waals surface area contributed by atoms with E-state index >= 15 is 0 Å². The van der Waals surface area contributed by atoms with E-state index in [-0.39, 0.29) is 5.91 Å². The lowest BCUT2D eigenvalue weighted by Crippen LogP contribution is -2.48. The number of hydrogen-bond acceptors (Lipinski definition) is 5. The van der Waals surface area contributed by atoms with Gasteiger partial charge in [0, 0.05) is 38.1 Å². The predicted octanol–water partition coefficient (Wildman–Crippen LogP) is 3.48. The first-order valence-corrected chi connectivity index (χ1v) is 9.52. The van der Waals surface area contributed by atoms with Gasteiger partial charge in [0.1, 0.15) is 9.88 Å². The van der Waals surface area contributed by atoms with Crippen LogP contribution < -0.4 is 4.90 Å². The zero-order valence-corrected chi connectivity index (χ0v) is 15.4. The van der Waals surface area contributed by atoms with E-state index in [1.807, 2.05) is 48.2 Å². The molecule has 5 nitrogen and oxygen atoms in total. The van der Waals surface area contributed by atoms with Gasteiger partial charge in [-0.3, -0.25) is 9.78 Å². The Morgan fingerprint density at radius 1 is 1.00 bits per heavy atom. The average molecular weight is 364 g/mol. The minimum absolute atomic E-state index is 0.0786. The van der Waals surface area contributed by atoms with Gasteiger partial charge in [0.05, 0.1) is 11.4 Å². The second-order valence-electron chi connectivity index (χ2n) is 6.26. The van der Waals surface area contributed by atoms with Gasteiger partial charge < -0.3 is 9.80 Å².